The Labute approximate surface area is 256 Å². The van der Waals surface area contributed by atoms with Crippen molar-refractivity contribution in [3.63, 3.8) is 0 Å². The van der Waals surface area contributed by atoms with E-state index >= 15 is 0 Å². The Kier molecular flexibility index (Phi) is 9.19. The highest BCUT2D eigenvalue weighted by Crippen LogP contribution is 2.64. The molecule has 1 N–H and O–H groups in total. The van der Waals surface area contributed by atoms with Gasteiger partial charge in [-0.1, -0.05) is 75.6 Å². The van der Waals surface area contributed by atoms with Crippen LogP contribution in [0.4, 0.5) is 0 Å². The van der Waals surface area contributed by atoms with Gasteiger partial charge in [0.1, 0.15) is 11.6 Å². The lowest BCUT2D eigenvalue weighted by Crippen LogP contribution is -2.61. The number of hydrogen-bond donors (Lipinski definition) is 1. The van der Waals surface area contributed by atoms with E-state index in [1.165, 1.54) is 0 Å². The fourth-order valence-corrected chi connectivity index (χ4v) is 8.49. The molecule has 6 atom stereocenters. The van der Waals surface area contributed by atoms with Crippen LogP contribution in [0.1, 0.15) is 71.3 Å². The lowest BCUT2D eigenvalue weighted by atomic mass is 9.66. The molecule has 8 heteroatoms. The molecule has 2 unspecified atom stereocenters. The van der Waals surface area contributed by atoms with Crippen molar-refractivity contribution >= 4 is 17.7 Å². The first-order valence-electron chi connectivity index (χ1n) is 16.1. The largest absolute Gasteiger partial charge is 0.394 e. The van der Waals surface area contributed by atoms with Crippen LogP contribution in [0.3, 0.4) is 0 Å². The average molecular weight is 592 g/mol. The summed E-state index contributed by atoms with van der Waals surface area (Å²) in [6, 6.07) is 8.38. The molecule has 3 aliphatic heterocycles. The zero-order valence-electron chi connectivity index (χ0n) is 26.1. The van der Waals surface area contributed by atoms with E-state index in [1.54, 1.807) is 22.0 Å². The number of hydrogen-bond acceptors (Lipinski definition) is 5. The third kappa shape index (κ3) is 5.35. The van der Waals surface area contributed by atoms with E-state index in [1.807, 2.05) is 56.0 Å². The molecule has 3 heterocycles. The van der Waals surface area contributed by atoms with Crippen molar-refractivity contribution < 1.29 is 24.2 Å². The average Bonchev–Trinajstić information content (AvgIpc) is 3.57. The van der Waals surface area contributed by atoms with Gasteiger partial charge in [0.15, 0.2) is 0 Å². The third-order valence-corrected chi connectivity index (χ3v) is 10.5. The van der Waals surface area contributed by atoms with Gasteiger partial charge >= 0.3 is 0 Å². The summed E-state index contributed by atoms with van der Waals surface area (Å²) >= 11 is 0. The Hall–Kier alpha value is -2.97. The van der Waals surface area contributed by atoms with Crippen molar-refractivity contribution in [2.24, 2.45) is 17.8 Å². The second kappa shape index (κ2) is 12.6. The van der Waals surface area contributed by atoms with E-state index in [0.29, 0.717) is 32.5 Å². The number of fused-ring (bicyclic) bond motifs is 1. The lowest BCUT2D eigenvalue weighted by molar-refractivity contribution is -0.159. The van der Waals surface area contributed by atoms with Gasteiger partial charge in [-0.2, -0.15) is 0 Å². The van der Waals surface area contributed by atoms with Gasteiger partial charge in [0.2, 0.25) is 17.7 Å². The van der Waals surface area contributed by atoms with Crippen molar-refractivity contribution in [1.29, 1.82) is 0 Å². The second-order valence-electron chi connectivity index (χ2n) is 13.5. The first-order chi connectivity index (χ1) is 20.6. The van der Waals surface area contributed by atoms with Gasteiger partial charge in [-0.15, -0.1) is 13.2 Å². The third-order valence-electron chi connectivity index (χ3n) is 10.5. The summed E-state index contributed by atoms with van der Waals surface area (Å²) in [4.78, 5) is 49.3. The number of carbonyl (C=O) groups excluding carboxylic acids is 3. The van der Waals surface area contributed by atoms with Crippen LogP contribution in [0, 0.1) is 17.8 Å². The Balaban J connectivity index is 1.57. The Morgan fingerprint density at radius 3 is 2.35 bits per heavy atom. The van der Waals surface area contributed by atoms with Crippen LogP contribution < -0.4 is 0 Å². The summed E-state index contributed by atoms with van der Waals surface area (Å²) in [6.45, 7) is 14.5. The molecular weight excluding hydrogens is 542 g/mol. The summed E-state index contributed by atoms with van der Waals surface area (Å²) in [5, 5.41) is 10.6. The van der Waals surface area contributed by atoms with Crippen LogP contribution in [-0.4, -0.2) is 86.6 Å². The zero-order chi connectivity index (χ0) is 30.9. The molecule has 2 bridgehead atoms. The molecule has 4 fully saturated rings. The summed E-state index contributed by atoms with van der Waals surface area (Å²) in [5.41, 5.74) is -1.02. The Bertz CT molecular complexity index is 1210. The molecule has 234 valence electrons. The molecule has 1 spiro atoms. The minimum Gasteiger partial charge on any atom is -0.394 e. The van der Waals surface area contributed by atoms with Crippen molar-refractivity contribution in [3.05, 3.63) is 61.2 Å². The predicted octanol–water partition coefficient (Wildman–Crippen LogP) is 4.33. The van der Waals surface area contributed by atoms with Crippen molar-refractivity contribution in [2.75, 3.05) is 19.7 Å². The summed E-state index contributed by atoms with van der Waals surface area (Å²) in [6.07, 6.45) is 9.66. The highest BCUT2D eigenvalue weighted by molar-refractivity contribution is 5.99. The van der Waals surface area contributed by atoms with Crippen LogP contribution in [0.15, 0.2) is 55.6 Å². The molecule has 0 radical (unpaired) electrons. The van der Waals surface area contributed by atoms with Gasteiger partial charge in [0.05, 0.1) is 30.1 Å². The van der Waals surface area contributed by atoms with Crippen molar-refractivity contribution in [2.45, 2.75) is 102 Å². The minimum atomic E-state index is -1.13. The van der Waals surface area contributed by atoms with Crippen LogP contribution in [-0.2, 0) is 25.7 Å². The van der Waals surface area contributed by atoms with Gasteiger partial charge in [-0.05, 0) is 44.1 Å². The first-order valence-corrected chi connectivity index (χ1v) is 16.1. The van der Waals surface area contributed by atoms with Crippen LogP contribution in [0.2, 0.25) is 0 Å². The number of nitrogens with zero attached hydrogens (tertiary/aromatic N) is 3. The SMILES string of the molecule is C=CCN(Cc1ccccc1)C(=O)[C@H]1[C@H]2C(=O)N([C@@H](CO)C(C)C)C(C(=O)N(CC=C)C3CCCCC3)C23CC[C@]1(C)O3. The summed E-state index contributed by atoms with van der Waals surface area (Å²) < 4.78 is 6.92. The Morgan fingerprint density at radius 1 is 1.07 bits per heavy atom. The highest BCUT2D eigenvalue weighted by Gasteiger charge is 2.79. The molecule has 3 saturated heterocycles. The maximum atomic E-state index is 14.8. The van der Waals surface area contributed by atoms with Crippen molar-refractivity contribution in [3.8, 4) is 0 Å². The maximum Gasteiger partial charge on any atom is 0.248 e. The molecule has 3 amide bonds. The number of aliphatic hydroxyl groups excluding tert-OH is 1. The molecular formula is C35H49N3O5. The molecule has 8 nitrogen and oxygen atoms in total. The van der Waals surface area contributed by atoms with E-state index in [-0.39, 0.29) is 36.3 Å². The van der Waals surface area contributed by atoms with E-state index in [2.05, 4.69) is 13.2 Å². The second-order valence-corrected chi connectivity index (χ2v) is 13.5. The summed E-state index contributed by atoms with van der Waals surface area (Å²) in [7, 11) is 0. The highest BCUT2D eigenvalue weighted by atomic mass is 16.5. The number of benzene rings is 1. The minimum absolute atomic E-state index is 0.0684. The molecule has 0 aromatic heterocycles. The first kappa shape index (κ1) is 31.5. The number of amides is 3. The Morgan fingerprint density at radius 2 is 1.74 bits per heavy atom. The lowest BCUT2D eigenvalue weighted by Gasteiger charge is -2.43. The molecule has 5 rings (SSSR count). The van der Waals surface area contributed by atoms with Crippen LogP contribution in [0.5, 0.6) is 0 Å². The van der Waals surface area contributed by atoms with Gasteiger partial charge in [0, 0.05) is 25.7 Å². The van der Waals surface area contributed by atoms with Crippen molar-refractivity contribution in [1.82, 2.24) is 14.7 Å². The fourth-order valence-electron chi connectivity index (χ4n) is 8.49. The van der Waals surface area contributed by atoms with Gasteiger partial charge in [-0.3, -0.25) is 14.4 Å². The van der Waals surface area contributed by atoms with Gasteiger partial charge < -0.3 is 24.5 Å². The number of carbonyl (C=O) groups is 3. The van der Waals surface area contributed by atoms with Gasteiger partial charge in [0.25, 0.3) is 0 Å². The quantitative estimate of drug-likeness (QED) is 0.366. The number of ether oxygens (including phenoxy) is 1. The monoisotopic (exact) mass is 591 g/mol. The van der Waals surface area contributed by atoms with E-state index in [0.717, 1.165) is 37.7 Å². The number of likely N-dealkylation sites (tertiary alicyclic amines) is 1. The van der Waals surface area contributed by atoms with E-state index in [4.69, 9.17) is 4.74 Å². The molecule has 1 aliphatic carbocycles. The number of rotatable bonds is 12. The molecule has 1 aromatic carbocycles. The normalized spacial score (nSPS) is 30.8. The maximum absolute atomic E-state index is 14.8. The standard InChI is InChI=1S/C35H49N3O5/c1-6-20-36(22-25-14-10-8-11-15-25)31(40)28-29-32(41)38(27(23-39)24(3)4)30(35(29)19-18-34(28,5)43-35)33(42)37(21-7-2)26-16-12-9-13-17-26/h6-8,10-11,14-15,24,26-30,39H,1-2,9,12-13,16-23H2,3-5H3/t27-,28+,29-,30?,34-,35?/m0/s1. The predicted molar refractivity (Wildman–Crippen MR) is 166 cm³/mol. The smallest absolute Gasteiger partial charge is 0.248 e. The molecule has 43 heavy (non-hydrogen) atoms. The zero-order valence-corrected chi connectivity index (χ0v) is 26.1. The van der Waals surface area contributed by atoms with E-state index < -0.39 is 35.1 Å². The molecule has 1 aromatic rings. The molecule has 4 aliphatic rings. The number of aliphatic hydroxyl groups is 1. The topological polar surface area (TPSA) is 90.4 Å². The van der Waals surface area contributed by atoms with Gasteiger partial charge in [-0.25, -0.2) is 0 Å². The summed E-state index contributed by atoms with van der Waals surface area (Å²) in [5.74, 6) is -2.20. The molecule has 1 saturated carbocycles. The fraction of sp³-hybridized carbons (Fsp3) is 0.629. The van der Waals surface area contributed by atoms with Crippen LogP contribution >= 0.6 is 0 Å². The van der Waals surface area contributed by atoms with E-state index in [9.17, 15) is 19.5 Å². The van der Waals surface area contributed by atoms with Crippen LogP contribution in [0.25, 0.3) is 0 Å².